The Morgan fingerprint density at radius 2 is 1.84 bits per heavy atom. The maximum absolute atomic E-state index is 3.62. The Morgan fingerprint density at radius 1 is 1.16 bits per heavy atom. The van der Waals surface area contributed by atoms with Crippen molar-refractivity contribution in [3.8, 4) is 0 Å². The van der Waals surface area contributed by atoms with Crippen molar-refractivity contribution in [2.24, 2.45) is 0 Å². The van der Waals surface area contributed by atoms with Crippen LogP contribution in [0.1, 0.15) is 32.8 Å². The third kappa shape index (κ3) is 7.09. The lowest BCUT2D eigenvalue weighted by molar-refractivity contribution is 0.283. The zero-order chi connectivity index (χ0) is 14.1. The minimum absolute atomic E-state index is 0.529. The van der Waals surface area contributed by atoms with E-state index in [9.17, 15) is 0 Å². The summed E-state index contributed by atoms with van der Waals surface area (Å²) in [7, 11) is 0. The van der Waals surface area contributed by atoms with E-state index in [4.69, 9.17) is 0 Å². The first-order chi connectivity index (χ1) is 9.15. The van der Waals surface area contributed by atoms with E-state index in [2.05, 4.69) is 71.2 Å². The number of rotatable bonds is 9. The highest BCUT2D eigenvalue weighted by molar-refractivity contribution is 9.10. The zero-order valence-electron chi connectivity index (χ0n) is 12.5. The van der Waals surface area contributed by atoms with Gasteiger partial charge in [-0.3, -0.25) is 0 Å². The molecule has 1 N–H and O–H groups in total. The first-order valence-electron chi connectivity index (χ1n) is 7.35. The van der Waals surface area contributed by atoms with E-state index in [-0.39, 0.29) is 0 Å². The molecule has 0 heterocycles. The first kappa shape index (κ1) is 16.7. The largest absolute Gasteiger partial charge is 0.313 e. The Morgan fingerprint density at radius 3 is 2.42 bits per heavy atom. The highest BCUT2D eigenvalue weighted by atomic mass is 79.9. The maximum Gasteiger partial charge on any atom is 0.0175 e. The summed E-state index contributed by atoms with van der Waals surface area (Å²) in [5.41, 5.74) is 1.39. The molecule has 3 heteroatoms. The molecule has 1 aromatic rings. The van der Waals surface area contributed by atoms with Crippen molar-refractivity contribution in [3.63, 3.8) is 0 Å². The second kappa shape index (κ2) is 9.51. The van der Waals surface area contributed by atoms with Gasteiger partial charge in [0.25, 0.3) is 0 Å². The molecule has 0 amide bonds. The van der Waals surface area contributed by atoms with Gasteiger partial charge in [0.1, 0.15) is 0 Å². The van der Waals surface area contributed by atoms with Gasteiger partial charge in [0.15, 0.2) is 0 Å². The number of hydrogen-bond acceptors (Lipinski definition) is 2. The van der Waals surface area contributed by atoms with Gasteiger partial charge in [0.05, 0.1) is 0 Å². The molecule has 0 saturated heterocycles. The average molecular weight is 327 g/mol. The van der Waals surface area contributed by atoms with E-state index in [1.54, 1.807) is 0 Å². The Kier molecular flexibility index (Phi) is 8.35. The summed E-state index contributed by atoms with van der Waals surface area (Å²) in [5.74, 6) is 0. The van der Waals surface area contributed by atoms with Crippen LogP contribution in [-0.4, -0.2) is 37.1 Å². The predicted octanol–water partition coefficient (Wildman–Crippen LogP) is 3.70. The standard InChI is InChI=1S/C16H27BrN2/c1-4-11-19(5-2)12-10-18-14(3)13-15-6-8-16(17)9-7-15/h6-9,14,18H,4-5,10-13H2,1-3H3. The number of nitrogens with one attached hydrogen (secondary N) is 1. The van der Waals surface area contributed by atoms with Gasteiger partial charge in [-0.25, -0.2) is 0 Å². The molecular weight excluding hydrogens is 300 g/mol. The molecule has 0 saturated carbocycles. The van der Waals surface area contributed by atoms with Crippen molar-refractivity contribution in [1.29, 1.82) is 0 Å². The molecule has 1 rings (SSSR count). The van der Waals surface area contributed by atoms with Gasteiger partial charge in [-0.1, -0.05) is 41.9 Å². The summed E-state index contributed by atoms with van der Waals surface area (Å²) in [6.07, 6.45) is 2.33. The summed E-state index contributed by atoms with van der Waals surface area (Å²) in [6.45, 7) is 11.3. The fourth-order valence-electron chi connectivity index (χ4n) is 2.26. The third-order valence-corrected chi connectivity index (χ3v) is 3.89. The van der Waals surface area contributed by atoms with Gasteiger partial charge in [0.2, 0.25) is 0 Å². The summed E-state index contributed by atoms with van der Waals surface area (Å²) in [6, 6.07) is 9.14. The van der Waals surface area contributed by atoms with E-state index in [0.717, 1.165) is 30.5 Å². The van der Waals surface area contributed by atoms with Crippen LogP contribution in [0, 0.1) is 0 Å². The molecule has 0 aliphatic carbocycles. The van der Waals surface area contributed by atoms with Crippen LogP contribution >= 0.6 is 15.9 Å². The van der Waals surface area contributed by atoms with Gasteiger partial charge in [-0.15, -0.1) is 0 Å². The summed E-state index contributed by atoms with van der Waals surface area (Å²) in [5, 5.41) is 3.62. The van der Waals surface area contributed by atoms with Gasteiger partial charge in [-0.05, 0) is 50.6 Å². The van der Waals surface area contributed by atoms with Crippen LogP contribution < -0.4 is 5.32 Å². The van der Waals surface area contributed by atoms with Crippen molar-refractivity contribution in [2.75, 3.05) is 26.2 Å². The fraction of sp³-hybridized carbons (Fsp3) is 0.625. The Labute approximate surface area is 126 Å². The highest BCUT2D eigenvalue weighted by Crippen LogP contribution is 2.11. The summed E-state index contributed by atoms with van der Waals surface area (Å²) in [4.78, 5) is 2.50. The molecule has 0 aliphatic heterocycles. The van der Waals surface area contributed by atoms with E-state index in [0.29, 0.717) is 6.04 Å². The van der Waals surface area contributed by atoms with Crippen molar-refractivity contribution < 1.29 is 0 Å². The lowest BCUT2D eigenvalue weighted by atomic mass is 10.1. The molecule has 1 unspecified atom stereocenters. The van der Waals surface area contributed by atoms with Gasteiger partial charge < -0.3 is 10.2 Å². The highest BCUT2D eigenvalue weighted by Gasteiger charge is 2.04. The van der Waals surface area contributed by atoms with Crippen LogP contribution in [0.3, 0.4) is 0 Å². The van der Waals surface area contributed by atoms with Crippen molar-refractivity contribution in [2.45, 2.75) is 39.7 Å². The molecule has 1 aromatic carbocycles. The van der Waals surface area contributed by atoms with Crippen LogP contribution in [-0.2, 0) is 6.42 Å². The van der Waals surface area contributed by atoms with Crippen LogP contribution in [0.15, 0.2) is 28.7 Å². The molecule has 19 heavy (non-hydrogen) atoms. The van der Waals surface area contributed by atoms with Crippen molar-refractivity contribution in [3.05, 3.63) is 34.3 Å². The lowest BCUT2D eigenvalue weighted by Gasteiger charge is -2.21. The summed E-state index contributed by atoms with van der Waals surface area (Å²) < 4.78 is 1.15. The molecule has 0 aliphatic rings. The summed E-state index contributed by atoms with van der Waals surface area (Å²) >= 11 is 3.47. The molecule has 0 aromatic heterocycles. The van der Waals surface area contributed by atoms with Gasteiger partial charge in [-0.2, -0.15) is 0 Å². The Balaban J connectivity index is 2.23. The predicted molar refractivity (Wildman–Crippen MR) is 87.7 cm³/mol. The second-order valence-corrected chi connectivity index (χ2v) is 6.04. The topological polar surface area (TPSA) is 15.3 Å². The van der Waals surface area contributed by atoms with E-state index in [1.807, 2.05) is 0 Å². The molecule has 0 bridgehead atoms. The number of halogens is 1. The minimum atomic E-state index is 0.529. The Hall–Kier alpha value is -0.380. The zero-order valence-corrected chi connectivity index (χ0v) is 14.0. The minimum Gasteiger partial charge on any atom is -0.313 e. The van der Waals surface area contributed by atoms with Gasteiger partial charge >= 0.3 is 0 Å². The van der Waals surface area contributed by atoms with E-state index >= 15 is 0 Å². The van der Waals surface area contributed by atoms with Crippen LogP contribution in [0.2, 0.25) is 0 Å². The average Bonchev–Trinajstić information content (AvgIpc) is 2.40. The quantitative estimate of drug-likeness (QED) is 0.744. The molecular formula is C16H27BrN2. The van der Waals surface area contributed by atoms with Gasteiger partial charge in [0, 0.05) is 23.6 Å². The first-order valence-corrected chi connectivity index (χ1v) is 8.15. The molecule has 2 nitrogen and oxygen atoms in total. The van der Waals surface area contributed by atoms with Crippen molar-refractivity contribution >= 4 is 15.9 Å². The monoisotopic (exact) mass is 326 g/mol. The number of nitrogens with zero attached hydrogens (tertiary/aromatic N) is 1. The number of hydrogen-bond donors (Lipinski definition) is 1. The third-order valence-electron chi connectivity index (χ3n) is 3.36. The molecule has 0 radical (unpaired) electrons. The Bertz CT molecular complexity index is 337. The van der Waals surface area contributed by atoms with Crippen LogP contribution in [0.25, 0.3) is 0 Å². The lowest BCUT2D eigenvalue weighted by Crippen LogP contribution is -2.37. The van der Waals surface area contributed by atoms with Crippen LogP contribution in [0.4, 0.5) is 0 Å². The van der Waals surface area contributed by atoms with Crippen molar-refractivity contribution in [1.82, 2.24) is 10.2 Å². The normalized spacial score (nSPS) is 12.9. The smallest absolute Gasteiger partial charge is 0.0175 e. The second-order valence-electron chi connectivity index (χ2n) is 5.12. The molecule has 108 valence electrons. The van der Waals surface area contributed by atoms with E-state index < -0.39 is 0 Å². The number of benzene rings is 1. The fourth-order valence-corrected chi connectivity index (χ4v) is 2.52. The SMILES string of the molecule is CCCN(CC)CCNC(C)Cc1ccc(Br)cc1. The molecule has 0 fully saturated rings. The maximum atomic E-state index is 3.62. The number of likely N-dealkylation sites (N-methyl/N-ethyl adjacent to an activating group) is 1. The molecule has 1 atom stereocenters. The molecule has 0 spiro atoms. The van der Waals surface area contributed by atoms with Crippen LogP contribution in [0.5, 0.6) is 0 Å². The van der Waals surface area contributed by atoms with E-state index in [1.165, 1.54) is 18.5 Å².